The molecule has 1 amide bonds. The first-order chi connectivity index (χ1) is 18.9. The molecule has 1 aromatic heterocycles. The van der Waals surface area contributed by atoms with Gasteiger partial charge in [-0.2, -0.15) is 14.8 Å². The van der Waals surface area contributed by atoms with Crippen molar-refractivity contribution in [3.05, 3.63) is 83.9 Å². The fraction of sp³-hybridized carbons (Fsp3) is 0.214. The summed E-state index contributed by atoms with van der Waals surface area (Å²) in [5.41, 5.74) is 1.94. The van der Waals surface area contributed by atoms with Crippen molar-refractivity contribution in [2.45, 2.75) is 24.3 Å². The molecule has 1 heterocycles. The van der Waals surface area contributed by atoms with Gasteiger partial charge < -0.3 is 4.74 Å². The Balaban J connectivity index is 1.66. The largest absolute Gasteiger partial charge is 0.497 e. The molecule has 0 aliphatic rings. The van der Waals surface area contributed by atoms with Crippen molar-refractivity contribution in [1.29, 1.82) is 10.5 Å². The molecule has 0 aliphatic heterocycles. The van der Waals surface area contributed by atoms with E-state index in [0.29, 0.717) is 16.4 Å². The minimum Gasteiger partial charge on any atom is -0.497 e. The number of rotatable bonds is 11. The Hall–Kier alpha value is -4.29. The van der Waals surface area contributed by atoms with Crippen LogP contribution in [0.5, 0.6) is 5.75 Å². The highest BCUT2D eigenvalue weighted by atomic mass is 32.2. The molecule has 0 saturated heterocycles. The smallest absolute Gasteiger partial charge is 0.260 e. The van der Waals surface area contributed by atoms with Crippen molar-refractivity contribution in [1.82, 2.24) is 9.29 Å². The van der Waals surface area contributed by atoms with E-state index in [-0.39, 0.29) is 43.3 Å². The molecule has 3 aromatic carbocycles. The Morgan fingerprint density at radius 2 is 1.64 bits per heavy atom. The van der Waals surface area contributed by atoms with Gasteiger partial charge in [0.15, 0.2) is 5.13 Å². The predicted octanol–water partition coefficient (Wildman–Crippen LogP) is 4.97. The Labute approximate surface area is 231 Å². The van der Waals surface area contributed by atoms with Crippen molar-refractivity contribution >= 4 is 42.6 Å². The van der Waals surface area contributed by atoms with Gasteiger partial charge in [-0.1, -0.05) is 41.7 Å². The van der Waals surface area contributed by atoms with Gasteiger partial charge in [0.05, 0.1) is 40.9 Å². The molecule has 198 valence electrons. The number of sulfonamides is 1. The van der Waals surface area contributed by atoms with E-state index in [9.17, 15) is 13.2 Å². The molecule has 0 saturated carbocycles. The fourth-order valence-electron chi connectivity index (χ4n) is 3.90. The third-order valence-corrected chi connectivity index (χ3v) is 8.88. The first-order valence-corrected chi connectivity index (χ1v) is 14.3. The van der Waals surface area contributed by atoms with Crippen LogP contribution >= 0.6 is 11.3 Å². The first kappa shape index (κ1) is 27.7. The van der Waals surface area contributed by atoms with Gasteiger partial charge in [-0.25, -0.2) is 13.4 Å². The lowest BCUT2D eigenvalue weighted by atomic mass is 10.1. The van der Waals surface area contributed by atoms with Crippen LogP contribution in [0.3, 0.4) is 0 Å². The number of nitriles is 2. The van der Waals surface area contributed by atoms with Gasteiger partial charge in [0.1, 0.15) is 5.75 Å². The lowest BCUT2D eigenvalue weighted by molar-refractivity contribution is 0.0985. The third kappa shape index (κ3) is 6.41. The number of hydrogen-bond donors (Lipinski definition) is 0. The first-order valence-electron chi connectivity index (χ1n) is 12.0. The van der Waals surface area contributed by atoms with Gasteiger partial charge in [0.2, 0.25) is 10.0 Å². The van der Waals surface area contributed by atoms with Gasteiger partial charge in [-0.05, 0) is 48.0 Å². The van der Waals surface area contributed by atoms with Crippen LogP contribution in [-0.4, -0.2) is 43.8 Å². The molecular weight excluding hydrogens is 534 g/mol. The Morgan fingerprint density at radius 1 is 0.974 bits per heavy atom. The van der Waals surface area contributed by atoms with Crippen LogP contribution in [0.4, 0.5) is 5.13 Å². The normalized spacial score (nSPS) is 11.2. The molecule has 4 aromatic rings. The SMILES string of the molecule is COc1ccc2nc(N(Cc3ccccc3)C(=O)c3ccc(S(=O)(=O)N(CCC#N)CCC#N)cc3)sc2c1. The van der Waals surface area contributed by atoms with E-state index in [4.69, 9.17) is 15.3 Å². The second-order valence-corrected chi connectivity index (χ2v) is 11.4. The Morgan fingerprint density at radius 3 is 2.26 bits per heavy atom. The number of ether oxygens (including phenoxy) is 1. The summed E-state index contributed by atoms with van der Waals surface area (Å²) in [6.45, 7) is 0.232. The van der Waals surface area contributed by atoms with Crippen LogP contribution in [-0.2, 0) is 16.6 Å². The number of nitrogens with zero attached hydrogens (tertiary/aromatic N) is 5. The minimum absolute atomic E-state index is 0.00369. The number of aromatic nitrogens is 1. The standard InChI is InChI=1S/C28H25N5O4S2/c1-37-23-11-14-25-26(19-23)38-28(31-25)33(20-21-7-3-2-4-8-21)27(34)22-9-12-24(13-10-22)39(35,36)32(17-5-15-29)18-6-16-30/h2-4,7-14,19H,5-6,17-18,20H2,1H3. The maximum Gasteiger partial charge on any atom is 0.260 e. The second kappa shape index (κ2) is 12.5. The van der Waals surface area contributed by atoms with Crippen LogP contribution in [0.1, 0.15) is 28.8 Å². The van der Waals surface area contributed by atoms with Crippen LogP contribution in [0.15, 0.2) is 77.7 Å². The monoisotopic (exact) mass is 559 g/mol. The lowest BCUT2D eigenvalue weighted by Crippen LogP contribution is -2.33. The van der Waals surface area contributed by atoms with Gasteiger partial charge in [0, 0.05) is 31.5 Å². The van der Waals surface area contributed by atoms with E-state index in [1.807, 2.05) is 60.7 Å². The van der Waals surface area contributed by atoms with Crippen molar-refractivity contribution in [3.63, 3.8) is 0 Å². The molecular formula is C28H25N5O4S2. The summed E-state index contributed by atoms with van der Waals surface area (Å²) < 4.78 is 33.6. The number of carbonyl (C=O) groups is 1. The average molecular weight is 560 g/mol. The van der Waals surface area contributed by atoms with E-state index in [2.05, 4.69) is 4.98 Å². The number of fused-ring (bicyclic) bond motifs is 1. The number of thiazole rings is 1. The number of benzene rings is 3. The summed E-state index contributed by atoms with van der Waals surface area (Å²) in [6.07, 6.45) is 0.00737. The van der Waals surface area contributed by atoms with E-state index >= 15 is 0 Å². The summed E-state index contributed by atoms with van der Waals surface area (Å²) in [7, 11) is -2.36. The van der Waals surface area contributed by atoms with Crippen LogP contribution in [0.2, 0.25) is 0 Å². The van der Waals surface area contributed by atoms with Crippen LogP contribution < -0.4 is 9.64 Å². The highest BCUT2D eigenvalue weighted by molar-refractivity contribution is 7.89. The summed E-state index contributed by atoms with van der Waals surface area (Å²) in [5, 5.41) is 18.3. The molecule has 39 heavy (non-hydrogen) atoms. The summed E-state index contributed by atoms with van der Waals surface area (Å²) in [5.74, 6) is 0.355. The quantitative estimate of drug-likeness (QED) is 0.254. The maximum absolute atomic E-state index is 13.8. The van der Waals surface area contributed by atoms with Gasteiger partial charge in [-0.3, -0.25) is 9.69 Å². The van der Waals surface area contributed by atoms with Crippen LogP contribution in [0, 0.1) is 22.7 Å². The third-order valence-electron chi connectivity index (χ3n) is 5.93. The molecule has 0 radical (unpaired) electrons. The van der Waals surface area contributed by atoms with Gasteiger partial charge in [-0.15, -0.1) is 0 Å². The zero-order valence-corrected chi connectivity index (χ0v) is 22.8. The number of hydrogen-bond acceptors (Lipinski definition) is 8. The topological polar surface area (TPSA) is 127 Å². The van der Waals surface area contributed by atoms with Crippen molar-refractivity contribution < 1.29 is 17.9 Å². The van der Waals surface area contributed by atoms with Crippen molar-refractivity contribution in [3.8, 4) is 17.9 Å². The Kier molecular flexibility index (Phi) is 8.89. The maximum atomic E-state index is 13.8. The highest BCUT2D eigenvalue weighted by Gasteiger charge is 2.26. The molecule has 9 nitrogen and oxygen atoms in total. The molecule has 4 rings (SSSR count). The zero-order chi connectivity index (χ0) is 27.8. The highest BCUT2D eigenvalue weighted by Crippen LogP contribution is 2.33. The molecule has 0 bridgehead atoms. The van der Waals surface area contributed by atoms with E-state index in [1.165, 1.54) is 35.6 Å². The van der Waals surface area contributed by atoms with E-state index in [1.54, 1.807) is 12.0 Å². The van der Waals surface area contributed by atoms with E-state index < -0.39 is 10.0 Å². The summed E-state index contributed by atoms with van der Waals surface area (Å²) in [4.78, 5) is 20.0. The second-order valence-electron chi connectivity index (χ2n) is 8.45. The molecule has 0 aliphatic carbocycles. The molecule has 0 spiro atoms. The number of amides is 1. The molecule has 0 unspecified atom stereocenters. The summed E-state index contributed by atoms with van der Waals surface area (Å²) in [6, 6.07) is 24.6. The molecule has 0 N–H and O–H groups in total. The number of anilines is 1. The van der Waals surface area contributed by atoms with Crippen molar-refractivity contribution in [2.75, 3.05) is 25.1 Å². The average Bonchev–Trinajstić information content (AvgIpc) is 3.39. The van der Waals surface area contributed by atoms with Gasteiger partial charge >= 0.3 is 0 Å². The number of carbonyl (C=O) groups excluding carboxylic acids is 1. The predicted molar refractivity (Wildman–Crippen MR) is 149 cm³/mol. The zero-order valence-electron chi connectivity index (χ0n) is 21.1. The summed E-state index contributed by atoms with van der Waals surface area (Å²) >= 11 is 1.36. The number of methoxy groups -OCH3 is 1. The fourth-order valence-corrected chi connectivity index (χ4v) is 6.34. The molecule has 11 heteroatoms. The van der Waals surface area contributed by atoms with Crippen molar-refractivity contribution in [2.24, 2.45) is 0 Å². The lowest BCUT2D eigenvalue weighted by Gasteiger charge is -2.21. The molecule has 0 fully saturated rings. The minimum atomic E-state index is -3.95. The van der Waals surface area contributed by atoms with E-state index in [0.717, 1.165) is 20.1 Å². The Bertz CT molecular complexity index is 1620. The van der Waals surface area contributed by atoms with Gasteiger partial charge in [0.25, 0.3) is 5.91 Å². The molecule has 0 atom stereocenters. The van der Waals surface area contributed by atoms with Crippen LogP contribution in [0.25, 0.3) is 10.2 Å².